The fraction of sp³-hybridized carbons (Fsp3) is 0.424. The Hall–Kier alpha value is -6.09. The van der Waals surface area contributed by atoms with Crippen molar-refractivity contribution in [3.05, 3.63) is 124 Å². The van der Waals surface area contributed by atoms with Gasteiger partial charge < -0.3 is 27.1 Å². The van der Waals surface area contributed by atoms with Crippen molar-refractivity contribution in [2.75, 3.05) is 41.3 Å². The van der Waals surface area contributed by atoms with Crippen LogP contribution in [0.5, 0.6) is 0 Å². The molecule has 5 N–H and O–H groups in total. The van der Waals surface area contributed by atoms with Gasteiger partial charge in [-0.15, -0.1) is 0 Å². The number of nitrogens with one attached hydrogen (secondary N) is 1. The normalized spacial score (nSPS) is 13.7. The lowest BCUT2D eigenvalue weighted by molar-refractivity contribution is -0.115. The monoisotopic (exact) mass is 880 g/mol. The number of anilines is 4. The van der Waals surface area contributed by atoms with E-state index in [-0.39, 0.29) is 11.5 Å². The number of hydrogen-bond acceptors (Lipinski definition) is 5. The fourth-order valence-electron chi connectivity index (χ4n) is 10.3. The quantitative estimate of drug-likeness (QED) is 0.0165. The zero-order valence-electron chi connectivity index (χ0n) is 39.9. The summed E-state index contributed by atoms with van der Waals surface area (Å²) in [5, 5.41) is 22.3. The molecule has 6 aromatic rings. The molecule has 0 spiro atoms. The summed E-state index contributed by atoms with van der Waals surface area (Å²) in [4.78, 5) is 21.7. The number of hydrogen-bond donors (Lipinski definition) is 3. The van der Waals surface area contributed by atoms with Gasteiger partial charge >= 0.3 is 0 Å². The SMILES string of the molecule is [C-]#[N+]C(=C=[N-])C1=C(c2c(N)cc(NCCCCCCCC)c3cc4ccccc4cc23)C(=O)C1c1c(N)cc(N(CCCCCCCC)CCCCCCCC)c2cc3ccccc3cc12. The van der Waals surface area contributed by atoms with Gasteiger partial charge in [0.1, 0.15) is 0 Å². The van der Waals surface area contributed by atoms with Gasteiger partial charge in [-0.2, -0.15) is 0 Å². The third-order valence-corrected chi connectivity index (χ3v) is 13.9. The van der Waals surface area contributed by atoms with Gasteiger partial charge in [-0.25, -0.2) is 4.85 Å². The maximum atomic E-state index is 15.3. The van der Waals surface area contributed by atoms with Crippen molar-refractivity contribution < 1.29 is 4.79 Å². The Morgan fingerprint density at radius 3 is 1.65 bits per heavy atom. The van der Waals surface area contributed by atoms with Crippen LogP contribution in [0.4, 0.5) is 22.7 Å². The molecule has 0 aliphatic heterocycles. The van der Waals surface area contributed by atoms with E-state index in [0.717, 1.165) is 99.8 Å². The zero-order chi connectivity index (χ0) is 46.4. The molecule has 1 aliphatic rings. The molecule has 66 heavy (non-hydrogen) atoms. The summed E-state index contributed by atoms with van der Waals surface area (Å²) >= 11 is 0. The number of nitrogen functional groups attached to an aromatic ring is 2. The number of allylic oxidation sites excluding steroid dienone is 2. The van der Waals surface area contributed by atoms with Gasteiger partial charge in [-0.3, -0.25) is 10.7 Å². The first-order valence-corrected chi connectivity index (χ1v) is 25.3. The average Bonchev–Trinajstić information content (AvgIpc) is 3.33. The third kappa shape index (κ3) is 10.6. The molecule has 0 fully saturated rings. The van der Waals surface area contributed by atoms with Crippen LogP contribution in [-0.4, -0.2) is 31.3 Å². The van der Waals surface area contributed by atoms with Gasteiger partial charge in [-0.1, -0.05) is 166 Å². The van der Waals surface area contributed by atoms with Crippen molar-refractivity contribution in [1.29, 1.82) is 0 Å². The van der Waals surface area contributed by atoms with E-state index < -0.39 is 5.92 Å². The average molecular weight is 880 g/mol. The van der Waals surface area contributed by atoms with Gasteiger partial charge in [0.25, 0.3) is 0 Å². The van der Waals surface area contributed by atoms with Crippen molar-refractivity contribution in [3.63, 3.8) is 0 Å². The first-order chi connectivity index (χ1) is 32.3. The van der Waals surface area contributed by atoms with Gasteiger partial charge in [0.05, 0.1) is 12.5 Å². The Morgan fingerprint density at radius 2 is 1.12 bits per heavy atom. The highest BCUT2D eigenvalue weighted by Crippen LogP contribution is 2.55. The third-order valence-electron chi connectivity index (χ3n) is 13.9. The van der Waals surface area contributed by atoms with E-state index in [1.165, 1.54) is 89.9 Å². The first kappa shape index (κ1) is 47.9. The Bertz CT molecular complexity index is 2770. The summed E-state index contributed by atoms with van der Waals surface area (Å²) < 4.78 is 0. The molecular weight excluding hydrogens is 809 g/mol. The van der Waals surface area contributed by atoms with Crippen LogP contribution in [-0.2, 0) is 4.79 Å². The second kappa shape index (κ2) is 23.4. The Kier molecular flexibility index (Phi) is 17.0. The maximum Gasteiger partial charge on any atom is 0.210 e. The zero-order valence-corrected chi connectivity index (χ0v) is 39.9. The minimum Gasteiger partial charge on any atom is -0.775 e. The summed E-state index contributed by atoms with van der Waals surface area (Å²) in [7, 11) is 0. The van der Waals surface area contributed by atoms with E-state index in [0.29, 0.717) is 33.6 Å². The van der Waals surface area contributed by atoms with Crippen LogP contribution in [0, 0.1) is 6.57 Å². The maximum absolute atomic E-state index is 15.3. The predicted molar refractivity (Wildman–Crippen MR) is 286 cm³/mol. The summed E-state index contributed by atoms with van der Waals surface area (Å²) in [6.45, 7) is 17.7. The number of carbonyl (C=O) groups is 1. The van der Waals surface area contributed by atoms with E-state index in [1.807, 2.05) is 24.3 Å². The van der Waals surface area contributed by atoms with Gasteiger partial charge in [-0.05, 0) is 99.1 Å². The lowest BCUT2D eigenvalue weighted by Crippen LogP contribution is -2.31. The molecule has 0 saturated heterocycles. The second-order valence-electron chi connectivity index (χ2n) is 18.7. The topological polar surface area (TPSA) is 111 Å². The highest BCUT2D eigenvalue weighted by atomic mass is 16.1. The number of unbranched alkanes of at least 4 members (excludes halogenated alkanes) is 15. The molecule has 0 amide bonds. The Morgan fingerprint density at radius 1 is 0.636 bits per heavy atom. The second-order valence-corrected chi connectivity index (χ2v) is 18.7. The van der Waals surface area contributed by atoms with Crippen LogP contribution < -0.4 is 21.7 Å². The molecule has 7 heteroatoms. The van der Waals surface area contributed by atoms with Gasteiger partial charge in [0.15, 0.2) is 5.78 Å². The summed E-state index contributed by atoms with van der Waals surface area (Å²) in [5.74, 6) is 1.10. The molecule has 6 aromatic carbocycles. The lowest BCUT2D eigenvalue weighted by atomic mass is 9.66. The smallest absolute Gasteiger partial charge is 0.210 e. The summed E-state index contributed by atoms with van der Waals surface area (Å²) in [5.41, 5.74) is 19.1. The van der Waals surface area contributed by atoms with Crippen LogP contribution in [0.1, 0.15) is 153 Å². The van der Waals surface area contributed by atoms with Crippen molar-refractivity contribution >= 4 is 83.1 Å². The molecule has 344 valence electrons. The van der Waals surface area contributed by atoms with Gasteiger partial charge in [0.2, 0.25) is 5.70 Å². The molecule has 0 heterocycles. The number of carbonyl (C=O) groups excluding carboxylic acids is 1. The van der Waals surface area contributed by atoms with Crippen LogP contribution in [0.15, 0.2) is 96.2 Å². The van der Waals surface area contributed by atoms with Crippen LogP contribution in [0.3, 0.4) is 0 Å². The summed E-state index contributed by atoms with van der Waals surface area (Å²) in [6, 6.07) is 29.3. The standard InChI is InChI=1S/C59H71N6O/c1-5-8-11-14-17-24-31-64-51-38-49(61)54(47-36-43-29-22-20-27-41(43)34-45(47)51)57-56(52(40-60)63-4)58(59(57)66)55-48-37-44-30-23-21-28-42(44)35-46(48)53(39-50(55)62)65(32-25-18-15-12-9-6-2)33-26-19-16-13-10-7-3/h20-23,27-30,34-39,58,64H,5-19,24-26,31-33,61-62H2,1-3H3/q-1. The van der Waals surface area contributed by atoms with Gasteiger partial charge in [0, 0.05) is 64.3 Å². The molecule has 0 saturated carbocycles. The fourth-order valence-corrected chi connectivity index (χ4v) is 10.3. The summed E-state index contributed by atoms with van der Waals surface area (Å²) in [6.07, 6.45) is 21.7. The molecule has 0 bridgehead atoms. The van der Waals surface area contributed by atoms with Crippen molar-refractivity contribution in [3.8, 4) is 0 Å². The van der Waals surface area contributed by atoms with E-state index in [1.54, 1.807) is 0 Å². The number of ketones is 1. The Balaban J connectivity index is 1.36. The minimum atomic E-state index is -0.910. The van der Waals surface area contributed by atoms with E-state index in [2.05, 4.69) is 102 Å². The van der Waals surface area contributed by atoms with Crippen LogP contribution in [0.2, 0.25) is 0 Å². The van der Waals surface area contributed by atoms with Crippen LogP contribution >= 0.6 is 0 Å². The molecular formula is C59H71N6O-. The highest BCUT2D eigenvalue weighted by molar-refractivity contribution is 6.38. The van der Waals surface area contributed by atoms with E-state index in [4.69, 9.17) is 18.0 Å². The minimum absolute atomic E-state index is 0.113. The molecule has 0 radical (unpaired) electrons. The van der Waals surface area contributed by atoms with E-state index in [9.17, 15) is 5.41 Å². The first-order valence-electron chi connectivity index (χ1n) is 25.3. The molecule has 1 aliphatic carbocycles. The van der Waals surface area contributed by atoms with E-state index >= 15 is 4.79 Å². The number of nitrogens with two attached hydrogens (primary N) is 2. The number of Topliss-reactive ketones (excluding diaryl/α,β-unsaturated/α-hetero) is 1. The largest absolute Gasteiger partial charge is 0.775 e. The molecule has 1 atom stereocenters. The van der Waals surface area contributed by atoms with Crippen molar-refractivity contribution in [2.24, 2.45) is 0 Å². The van der Waals surface area contributed by atoms with Crippen LogP contribution in [0.25, 0.3) is 58.9 Å². The lowest BCUT2D eigenvalue weighted by Gasteiger charge is -2.36. The van der Waals surface area contributed by atoms with Crippen molar-refractivity contribution in [1.82, 2.24) is 0 Å². The van der Waals surface area contributed by atoms with Crippen molar-refractivity contribution in [2.45, 2.75) is 142 Å². The number of rotatable bonds is 26. The predicted octanol–water partition coefficient (Wildman–Crippen LogP) is 15.9. The molecule has 0 aromatic heterocycles. The number of benzene rings is 6. The molecule has 7 rings (SSSR count). The number of nitrogens with zero attached hydrogens (tertiary/aromatic N) is 3. The molecule has 1 unspecified atom stereocenters. The number of fused-ring (bicyclic) bond motifs is 4. The highest BCUT2D eigenvalue weighted by Gasteiger charge is 2.45. The Labute approximate surface area is 394 Å². The molecule has 7 nitrogen and oxygen atoms in total.